The number of carbonyl (C=O) groups is 2. The summed E-state index contributed by atoms with van der Waals surface area (Å²) in [6, 6.07) is 19.3. The Morgan fingerprint density at radius 3 is 2.65 bits per heavy atom. The molecule has 4 rings (SSSR count). The van der Waals surface area contributed by atoms with Crippen molar-refractivity contribution in [3.8, 4) is 11.1 Å². The van der Waals surface area contributed by atoms with Crippen LogP contribution in [-0.4, -0.2) is 18.4 Å². The minimum atomic E-state index is -0.135. The third-order valence-electron chi connectivity index (χ3n) is 4.45. The molecule has 0 spiro atoms. The molecule has 3 aromatic rings. The Labute approximate surface area is 156 Å². The maximum Gasteiger partial charge on any atom is 0.266 e. The van der Waals surface area contributed by atoms with Gasteiger partial charge in [-0.3, -0.25) is 9.59 Å². The third kappa shape index (κ3) is 3.26. The molecule has 4 nitrogen and oxygen atoms in total. The standard InChI is InChI=1S/C21H18N2O2S/c24-19-10-5-12-23(19)17-9-4-8-16(14-17)22-21(25)20-18(11-13-26-20)15-6-2-1-3-7-15/h1-4,6-9,11,13-14H,5,10,12H2,(H,22,25). The van der Waals surface area contributed by atoms with Crippen LogP contribution < -0.4 is 10.2 Å². The van der Waals surface area contributed by atoms with Gasteiger partial charge in [-0.2, -0.15) is 0 Å². The van der Waals surface area contributed by atoms with Crippen LogP contribution in [0.5, 0.6) is 0 Å². The molecule has 2 heterocycles. The summed E-state index contributed by atoms with van der Waals surface area (Å²) in [4.78, 5) is 27.2. The van der Waals surface area contributed by atoms with E-state index in [2.05, 4.69) is 5.32 Å². The Bertz CT molecular complexity index is 949. The number of anilines is 2. The number of carbonyl (C=O) groups excluding carboxylic acids is 2. The fourth-order valence-electron chi connectivity index (χ4n) is 3.19. The molecule has 2 aromatic carbocycles. The van der Waals surface area contributed by atoms with Gasteiger partial charge in [0.05, 0.1) is 4.88 Å². The number of nitrogens with one attached hydrogen (secondary N) is 1. The van der Waals surface area contributed by atoms with Gasteiger partial charge in [-0.25, -0.2) is 0 Å². The van der Waals surface area contributed by atoms with Gasteiger partial charge in [0.25, 0.3) is 5.91 Å². The first-order valence-electron chi connectivity index (χ1n) is 8.57. The lowest BCUT2D eigenvalue weighted by Crippen LogP contribution is -2.23. The minimum absolute atomic E-state index is 0.135. The molecule has 0 atom stereocenters. The molecule has 1 N–H and O–H groups in total. The highest BCUT2D eigenvalue weighted by Crippen LogP contribution is 2.30. The number of amides is 2. The highest BCUT2D eigenvalue weighted by atomic mass is 32.1. The molecule has 130 valence electrons. The molecule has 1 saturated heterocycles. The van der Waals surface area contributed by atoms with E-state index >= 15 is 0 Å². The summed E-state index contributed by atoms with van der Waals surface area (Å²) in [5, 5.41) is 4.89. The molecule has 0 aliphatic carbocycles. The maximum atomic E-state index is 12.8. The van der Waals surface area contributed by atoms with Gasteiger partial charge in [-0.1, -0.05) is 36.4 Å². The van der Waals surface area contributed by atoms with Crippen molar-refractivity contribution in [1.82, 2.24) is 0 Å². The van der Waals surface area contributed by atoms with E-state index in [4.69, 9.17) is 0 Å². The zero-order valence-electron chi connectivity index (χ0n) is 14.1. The molecule has 2 amide bonds. The molecule has 0 bridgehead atoms. The van der Waals surface area contributed by atoms with Crippen LogP contribution in [0, 0.1) is 0 Å². The lowest BCUT2D eigenvalue weighted by atomic mass is 10.1. The van der Waals surface area contributed by atoms with Gasteiger partial charge in [0.2, 0.25) is 5.91 Å². The highest BCUT2D eigenvalue weighted by Gasteiger charge is 2.22. The topological polar surface area (TPSA) is 49.4 Å². The Morgan fingerprint density at radius 2 is 1.88 bits per heavy atom. The predicted octanol–water partition coefficient (Wildman–Crippen LogP) is 4.79. The van der Waals surface area contributed by atoms with Crippen molar-refractivity contribution >= 4 is 34.5 Å². The predicted molar refractivity (Wildman–Crippen MR) is 106 cm³/mol. The van der Waals surface area contributed by atoms with E-state index in [0.29, 0.717) is 17.0 Å². The fourth-order valence-corrected chi connectivity index (χ4v) is 4.00. The van der Waals surface area contributed by atoms with Crippen molar-refractivity contribution in [2.75, 3.05) is 16.8 Å². The van der Waals surface area contributed by atoms with Crippen LogP contribution in [0.1, 0.15) is 22.5 Å². The van der Waals surface area contributed by atoms with Crippen LogP contribution in [0.3, 0.4) is 0 Å². The van der Waals surface area contributed by atoms with Crippen LogP contribution >= 0.6 is 11.3 Å². The van der Waals surface area contributed by atoms with E-state index in [0.717, 1.165) is 29.8 Å². The van der Waals surface area contributed by atoms with Gasteiger partial charge in [0, 0.05) is 29.9 Å². The van der Waals surface area contributed by atoms with Crippen molar-refractivity contribution in [2.45, 2.75) is 12.8 Å². The second-order valence-corrected chi connectivity index (χ2v) is 7.10. The van der Waals surface area contributed by atoms with Crippen LogP contribution in [-0.2, 0) is 4.79 Å². The summed E-state index contributed by atoms with van der Waals surface area (Å²) in [6.07, 6.45) is 1.47. The van der Waals surface area contributed by atoms with E-state index in [1.54, 1.807) is 4.90 Å². The third-order valence-corrected chi connectivity index (χ3v) is 5.36. The molecule has 0 saturated carbocycles. The first kappa shape index (κ1) is 16.5. The lowest BCUT2D eigenvalue weighted by Gasteiger charge is -2.16. The second-order valence-electron chi connectivity index (χ2n) is 6.18. The van der Waals surface area contributed by atoms with E-state index in [9.17, 15) is 9.59 Å². The number of nitrogens with zero attached hydrogens (tertiary/aromatic N) is 1. The van der Waals surface area contributed by atoms with Crippen LogP contribution in [0.4, 0.5) is 11.4 Å². The molecule has 5 heteroatoms. The van der Waals surface area contributed by atoms with Crippen LogP contribution in [0.25, 0.3) is 11.1 Å². The first-order valence-corrected chi connectivity index (χ1v) is 9.45. The van der Waals surface area contributed by atoms with Crippen molar-refractivity contribution in [3.63, 3.8) is 0 Å². The van der Waals surface area contributed by atoms with Gasteiger partial charge in [0.15, 0.2) is 0 Å². The molecule has 1 fully saturated rings. The molecule has 0 radical (unpaired) electrons. The summed E-state index contributed by atoms with van der Waals surface area (Å²) in [5.74, 6) is 0.00171. The van der Waals surface area contributed by atoms with Gasteiger partial charge in [0.1, 0.15) is 0 Å². The van der Waals surface area contributed by atoms with Gasteiger partial charge >= 0.3 is 0 Å². The quantitative estimate of drug-likeness (QED) is 0.725. The average molecular weight is 362 g/mol. The summed E-state index contributed by atoms with van der Waals surface area (Å²) < 4.78 is 0. The molecular formula is C21H18N2O2S. The zero-order valence-corrected chi connectivity index (χ0v) is 15.0. The molecular weight excluding hydrogens is 344 g/mol. The number of benzene rings is 2. The number of hydrogen-bond donors (Lipinski definition) is 1. The zero-order chi connectivity index (χ0) is 17.9. The average Bonchev–Trinajstić information content (AvgIpc) is 3.31. The number of hydrogen-bond acceptors (Lipinski definition) is 3. The van der Waals surface area contributed by atoms with Crippen molar-refractivity contribution < 1.29 is 9.59 Å². The van der Waals surface area contributed by atoms with Crippen LogP contribution in [0.15, 0.2) is 66.0 Å². The summed E-state index contributed by atoms with van der Waals surface area (Å²) in [5.41, 5.74) is 3.48. The molecule has 1 aliphatic heterocycles. The molecule has 26 heavy (non-hydrogen) atoms. The Morgan fingerprint density at radius 1 is 1.04 bits per heavy atom. The Balaban J connectivity index is 1.56. The van der Waals surface area contributed by atoms with E-state index in [1.165, 1.54) is 11.3 Å². The van der Waals surface area contributed by atoms with Crippen molar-refractivity contribution in [2.24, 2.45) is 0 Å². The Kier molecular flexibility index (Phi) is 4.54. The highest BCUT2D eigenvalue weighted by molar-refractivity contribution is 7.12. The van der Waals surface area contributed by atoms with Gasteiger partial charge in [-0.15, -0.1) is 11.3 Å². The molecule has 1 aliphatic rings. The first-order chi connectivity index (χ1) is 12.7. The normalized spacial score (nSPS) is 13.8. The lowest BCUT2D eigenvalue weighted by molar-refractivity contribution is -0.117. The van der Waals surface area contributed by atoms with Crippen LogP contribution in [0.2, 0.25) is 0 Å². The van der Waals surface area contributed by atoms with E-state index < -0.39 is 0 Å². The van der Waals surface area contributed by atoms with Crippen molar-refractivity contribution in [3.05, 3.63) is 70.9 Å². The van der Waals surface area contributed by atoms with E-state index in [1.807, 2.05) is 66.0 Å². The summed E-state index contributed by atoms with van der Waals surface area (Å²) >= 11 is 1.43. The van der Waals surface area contributed by atoms with Gasteiger partial charge < -0.3 is 10.2 Å². The summed E-state index contributed by atoms with van der Waals surface area (Å²) in [6.45, 7) is 0.735. The fraction of sp³-hybridized carbons (Fsp3) is 0.143. The number of thiophene rings is 1. The largest absolute Gasteiger partial charge is 0.321 e. The smallest absolute Gasteiger partial charge is 0.266 e. The Hall–Kier alpha value is -2.92. The number of rotatable bonds is 4. The second kappa shape index (κ2) is 7.14. The molecule has 1 aromatic heterocycles. The van der Waals surface area contributed by atoms with Gasteiger partial charge in [-0.05, 0) is 41.6 Å². The monoisotopic (exact) mass is 362 g/mol. The van der Waals surface area contributed by atoms with Crippen molar-refractivity contribution in [1.29, 1.82) is 0 Å². The maximum absolute atomic E-state index is 12.8. The molecule has 0 unspecified atom stereocenters. The van der Waals surface area contributed by atoms with E-state index in [-0.39, 0.29) is 11.8 Å². The summed E-state index contributed by atoms with van der Waals surface area (Å²) in [7, 11) is 0. The SMILES string of the molecule is O=C(Nc1cccc(N2CCCC2=O)c1)c1sccc1-c1ccccc1. The minimum Gasteiger partial charge on any atom is -0.321 e.